The van der Waals surface area contributed by atoms with Gasteiger partial charge in [0, 0.05) is 11.3 Å². The molecule has 0 aliphatic rings. The van der Waals surface area contributed by atoms with Crippen LogP contribution in [0.2, 0.25) is 0 Å². The minimum Gasteiger partial charge on any atom is -0.297 e. The van der Waals surface area contributed by atoms with Crippen molar-refractivity contribution in [3.63, 3.8) is 0 Å². The van der Waals surface area contributed by atoms with Gasteiger partial charge in [0.15, 0.2) is 6.29 Å². The molecule has 1 nitrogen and oxygen atoms in total. The molecule has 0 spiro atoms. The van der Waals surface area contributed by atoms with E-state index in [0.717, 1.165) is 17.6 Å². The summed E-state index contributed by atoms with van der Waals surface area (Å²) in [6.45, 7) is 0. The first kappa shape index (κ1) is 8.66. The highest BCUT2D eigenvalue weighted by Gasteiger charge is 2.00. The Morgan fingerprint density at radius 3 is 2.92 bits per heavy atom. The van der Waals surface area contributed by atoms with Gasteiger partial charge in [-0.25, -0.2) is 0 Å². The second-order valence-electron chi connectivity index (χ2n) is 2.73. The van der Waals surface area contributed by atoms with Crippen molar-refractivity contribution in [1.82, 2.24) is 0 Å². The smallest absolute Gasteiger partial charge is 0.160 e. The average Bonchev–Trinajstić information content (AvgIpc) is 2.76. The summed E-state index contributed by atoms with van der Waals surface area (Å²) in [5, 5.41) is 4.12. The number of thiophene rings is 2. The number of rotatable bonds is 3. The van der Waals surface area contributed by atoms with Gasteiger partial charge in [-0.3, -0.25) is 4.79 Å². The maximum atomic E-state index is 10.4. The zero-order chi connectivity index (χ0) is 9.10. The van der Waals surface area contributed by atoms with Crippen LogP contribution in [0.1, 0.15) is 20.1 Å². The van der Waals surface area contributed by atoms with E-state index < -0.39 is 0 Å². The summed E-state index contributed by atoms with van der Waals surface area (Å²) in [6, 6.07) is 6.12. The van der Waals surface area contributed by atoms with Crippen LogP contribution in [0, 0.1) is 0 Å². The van der Waals surface area contributed by atoms with Crippen LogP contribution in [-0.2, 0) is 6.42 Å². The molecule has 2 heterocycles. The molecule has 0 N–H and O–H groups in total. The normalized spacial score (nSPS) is 10.2. The lowest BCUT2D eigenvalue weighted by Crippen LogP contribution is -1.79. The third-order valence-electron chi connectivity index (χ3n) is 1.75. The van der Waals surface area contributed by atoms with Crippen LogP contribution in [0.3, 0.4) is 0 Å². The van der Waals surface area contributed by atoms with Crippen LogP contribution in [0.4, 0.5) is 0 Å². The lowest BCUT2D eigenvalue weighted by atomic mass is 10.2. The monoisotopic (exact) mass is 208 g/mol. The van der Waals surface area contributed by atoms with Crippen molar-refractivity contribution in [2.24, 2.45) is 0 Å². The highest BCUT2D eigenvalue weighted by molar-refractivity contribution is 7.12. The topological polar surface area (TPSA) is 17.1 Å². The Labute approximate surface area is 84.7 Å². The molecule has 2 rings (SSSR count). The molecule has 2 aromatic rings. The summed E-state index contributed by atoms with van der Waals surface area (Å²) in [4.78, 5) is 12.6. The van der Waals surface area contributed by atoms with Gasteiger partial charge in [-0.05, 0) is 28.5 Å². The molecule has 0 aliphatic heterocycles. The standard InChI is InChI=1S/C10H8OS2/c11-6-10-5-8(7-13-10)4-9-2-1-3-12-9/h1-3,5-7H,4H2. The first-order valence-corrected chi connectivity index (χ1v) is 5.69. The molecule has 0 aliphatic carbocycles. The number of carbonyl (C=O) groups excluding carboxylic acids is 1. The third kappa shape index (κ3) is 2.05. The summed E-state index contributed by atoms with van der Waals surface area (Å²) in [7, 11) is 0. The Balaban J connectivity index is 2.14. The van der Waals surface area contributed by atoms with Crippen molar-refractivity contribution in [3.8, 4) is 0 Å². The van der Waals surface area contributed by atoms with Crippen molar-refractivity contribution in [2.45, 2.75) is 6.42 Å². The van der Waals surface area contributed by atoms with Crippen molar-refractivity contribution in [2.75, 3.05) is 0 Å². The number of hydrogen-bond donors (Lipinski definition) is 0. The van der Waals surface area contributed by atoms with Gasteiger partial charge in [-0.1, -0.05) is 6.07 Å². The fourth-order valence-corrected chi connectivity index (χ4v) is 2.62. The largest absolute Gasteiger partial charge is 0.297 e. The molecule has 3 heteroatoms. The SMILES string of the molecule is O=Cc1cc(Cc2cccs2)cs1. The molecule has 0 aromatic carbocycles. The van der Waals surface area contributed by atoms with Crippen molar-refractivity contribution in [1.29, 1.82) is 0 Å². The van der Waals surface area contributed by atoms with Gasteiger partial charge in [0.1, 0.15) is 0 Å². The maximum absolute atomic E-state index is 10.4. The highest BCUT2D eigenvalue weighted by atomic mass is 32.1. The van der Waals surface area contributed by atoms with E-state index in [1.807, 2.05) is 17.5 Å². The van der Waals surface area contributed by atoms with E-state index in [1.54, 1.807) is 11.3 Å². The van der Waals surface area contributed by atoms with E-state index in [1.165, 1.54) is 21.8 Å². The van der Waals surface area contributed by atoms with Crippen LogP contribution in [0.5, 0.6) is 0 Å². The Bertz CT molecular complexity index is 387. The molecule has 0 unspecified atom stereocenters. The van der Waals surface area contributed by atoms with E-state index in [-0.39, 0.29) is 0 Å². The molecular weight excluding hydrogens is 200 g/mol. The van der Waals surface area contributed by atoms with Gasteiger partial charge in [-0.2, -0.15) is 0 Å². The van der Waals surface area contributed by atoms with Gasteiger partial charge < -0.3 is 0 Å². The predicted octanol–water partition coefficient (Wildman–Crippen LogP) is 3.21. The Morgan fingerprint density at radius 2 is 2.31 bits per heavy atom. The summed E-state index contributed by atoms with van der Waals surface area (Å²) in [6.07, 6.45) is 1.85. The molecule has 0 atom stereocenters. The molecule has 0 fully saturated rings. The molecule has 0 saturated heterocycles. The average molecular weight is 208 g/mol. The lowest BCUT2D eigenvalue weighted by Gasteiger charge is -1.90. The van der Waals surface area contributed by atoms with E-state index in [4.69, 9.17) is 0 Å². The second-order valence-corrected chi connectivity index (χ2v) is 4.71. The van der Waals surface area contributed by atoms with E-state index in [9.17, 15) is 4.79 Å². The first-order valence-electron chi connectivity index (χ1n) is 3.93. The van der Waals surface area contributed by atoms with Crippen molar-refractivity contribution >= 4 is 29.0 Å². The molecule has 0 radical (unpaired) electrons. The summed E-state index contributed by atoms with van der Waals surface area (Å²) in [5.74, 6) is 0. The summed E-state index contributed by atoms with van der Waals surface area (Å²) in [5.41, 5.74) is 1.23. The molecule has 2 aromatic heterocycles. The predicted molar refractivity (Wildman–Crippen MR) is 56.8 cm³/mol. The van der Waals surface area contributed by atoms with Crippen LogP contribution in [0.15, 0.2) is 29.0 Å². The van der Waals surface area contributed by atoms with Gasteiger partial charge in [0.25, 0.3) is 0 Å². The number of carbonyl (C=O) groups is 1. The summed E-state index contributed by atoms with van der Waals surface area (Å²) >= 11 is 3.26. The van der Waals surface area contributed by atoms with Crippen molar-refractivity contribution in [3.05, 3.63) is 44.3 Å². The van der Waals surface area contributed by atoms with Crippen LogP contribution in [0.25, 0.3) is 0 Å². The Morgan fingerprint density at radius 1 is 1.38 bits per heavy atom. The highest BCUT2D eigenvalue weighted by Crippen LogP contribution is 2.19. The number of hydrogen-bond acceptors (Lipinski definition) is 3. The van der Waals surface area contributed by atoms with Gasteiger partial charge in [0.05, 0.1) is 4.88 Å². The fraction of sp³-hybridized carbons (Fsp3) is 0.100. The van der Waals surface area contributed by atoms with E-state index >= 15 is 0 Å². The third-order valence-corrected chi connectivity index (χ3v) is 3.53. The summed E-state index contributed by atoms with van der Waals surface area (Å²) < 4.78 is 0. The molecule has 0 bridgehead atoms. The maximum Gasteiger partial charge on any atom is 0.160 e. The molecule has 0 amide bonds. The van der Waals surface area contributed by atoms with Gasteiger partial charge >= 0.3 is 0 Å². The van der Waals surface area contributed by atoms with Gasteiger partial charge in [-0.15, -0.1) is 22.7 Å². The van der Waals surface area contributed by atoms with Crippen LogP contribution in [-0.4, -0.2) is 6.29 Å². The lowest BCUT2D eigenvalue weighted by molar-refractivity contribution is 0.112. The minimum absolute atomic E-state index is 0.812. The molecular formula is C10H8OS2. The van der Waals surface area contributed by atoms with Crippen molar-refractivity contribution < 1.29 is 4.79 Å². The van der Waals surface area contributed by atoms with E-state index in [0.29, 0.717) is 0 Å². The zero-order valence-electron chi connectivity index (χ0n) is 6.90. The Kier molecular flexibility index (Phi) is 2.57. The second kappa shape index (κ2) is 3.85. The quantitative estimate of drug-likeness (QED) is 0.708. The molecule has 66 valence electrons. The Hall–Kier alpha value is -0.930. The molecule has 0 saturated carbocycles. The van der Waals surface area contributed by atoms with E-state index in [2.05, 4.69) is 11.4 Å². The van der Waals surface area contributed by atoms with Crippen LogP contribution >= 0.6 is 22.7 Å². The fourth-order valence-electron chi connectivity index (χ4n) is 1.16. The van der Waals surface area contributed by atoms with Gasteiger partial charge in [0.2, 0.25) is 0 Å². The first-order chi connectivity index (χ1) is 6.38. The molecule has 13 heavy (non-hydrogen) atoms. The minimum atomic E-state index is 0.812. The number of aldehydes is 1. The van der Waals surface area contributed by atoms with Crippen LogP contribution < -0.4 is 0 Å². The zero-order valence-corrected chi connectivity index (χ0v) is 8.53.